The summed E-state index contributed by atoms with van der Waals surface area (Å²) >= 11 is 5.89. The van der Waals surface area contributed by atoms with Crippen LogP contribution in [0.2, 0.25) is 0 Å². The smallest absolute Gasteiger partial charge is 0.264 e. The molecular weight excluding hydrogens is 408 g/mol. The fourth-order valence-corrected chi connectivity index (χ4v) is 6.53. The molecule has 5 nitrogen and oxygen atoms in total. The van der Waals surface area contributed by atoms with Gasteiger partial charge in [-0.2, -0.15) is 4.31 Å². The van der Waals surface area contributed by atoms with Crippen molar-refractivity contribution in [2.24, 2.45) is 0 Å². The van der Waals surface area contributed by atoms with Crippen LogP contribution in [0.1, 0.15) is 9.67 Å². The Labute approximate surface area is 145 Å². The summed E-state index contributed by atoms with van der Waals surface area (Å²) in [6, 6.07) is 6.97. The van der Waals surface area contributed by atoms with Gasteiger partial charge < -0.3 is 4.90 Å². The second-order valence-corrected chi connectivity index (χ2v) is 10.3. The van der Waals surface area contributed by atoms with E-state index in [1.54, 1.807) is 23.1 Å². The van der Waals surface area contributed by atoms with Crippen molar-refractivity contribution in [3.63, 3.8) is 0 Å². The molecule has 1 amide bonds. The van der Waals surface area contributed by atoms with E-state index < -0.39 is 10.0 Å². The van der Waals surface area contributed by atoms with E-state index in [0.29, 0.717) is 35.3 Å². The third-order valence-electron chi connectivity index (χ3n) is 3.40. The van der Waals surface area contributed by atoms with Gasteiger partial charge in [0, 0.05) is 26.2 Å². The van der Waals surface area contributed by atoms with E-state index in [2.05, 4.69) is 15.9 Å². The first-order valence-electron chi connectivity index (χ1n) is 6.57. The fraction of sp³-hybridized carbons (Fsp3) is 0.308. The Morgan fingerprint density at radius 2 is 1.86 bits per heavy atom. The maximum atomic E-state index is 12.5. The van der Waals surface area contributed by atoms with Crippen LogP contribution in [0, 0.1) is 0 Å². The monoisotopic (exact) mass is 420 g/mol. The molecule has 0 radical (unpaired) electrons. The Kier molecular flexibility index (Phi) is 4.69. The van der Waals surface area contributed by atoms with Crippen LogP contribution in [-0.2, 0) is 10.0 Å². The summed E-state index contributed by atoms with van der Waals surface area (Å²) in [4.78, 5) is 14.7. The fourth-order valence-electron chi connectivity index (χ4n) is 2.25. The Balaban J connectivity index is 1.68. The van der Waals surface area contributed by atoms with Gasteiger partial charge in [-0.05, 0) is 39.5 Å². The second-order valence-electron chi connectivity index (χ2n) is 4.73. The first-order chi connectivity index (χ1) is 10.5. The van der Waals surface area contributed by atoms with Crippen LogP contribution in [0.5, 0.6) is 0 Å². The lowest BCUT2D eigenvalue weighted by Gasteiger charge is -2.33. The number of rotatable bonds is 3. The van der Waals surface area contributed by atoms with Gasteiger partial charge in [-0.1, -0.05) is 6.07 Å². The zero-order valence-electron chi connectivity index (χ0n) is 11.4. The number of hydrogen-bond donors (Lipinski definition) is 0. The molecule has 2 aromatic rings. The van der Waals surface area contributed by atoms with Gasteiger partial charge >= 0.3 is 0 Å². The summed E-state index contributed by atoms with van der Waals surface area (Å²) in [5, 5.41) is 1.86. The summed E-state index contributed by atoms with van der Waals surface area (Å²) in [5.74, 6) is -0.0223. The lowest BCUT2D eigenvalue weighted by molar-refractivity contribution is 0.0703. The normalized spacial score (nSPS) is 16.9. The van der Waals surface area contributed by atoms with Gasteiger partial charge in [0.15, 0.2) is 0 Å². The molecule has 0 unspecified atom stereocenters. The highest BCUT2D eigenvalue weighted by Gasteiger charge is 2.31. The highest BCUT2D eigenvalue weighted by Crippen LogP contribution is 2.29. The highest BCUT2D eigenvalue weighted by molar-refractivity contribution is 9.11. The van der Waals surface area contributed by atoms with Crippen molar-refractivity contribution in [3.05, 3.63) is 38.3 Å². The van der Waals surface area contributed by atoms with Crippen molar-refractivity contribution < 1.29 is 13.2 Å². The molecule has 0 spiro atoms. The Hall–Kier alpha value is -0.740. The third-order valence-corrected chi connectivity index (χ3v) is 8.25. The van der Waals surface area contributed by atoms with E-state index in [9.17, 15) is 13.2 Å². The maximum Gasteiger partial charge on any atom is 0.264 e. The molecule has 118 valence electrons. The molecule has 1 aliphatic heterocycles. The quantitative estimate of drug-likeness (QED) is 0.766. The minimum absolute atomic E-state index is 0.0223. The largest absolute Gasteiger partial charge is 0.335 e. The number of carbonyl (C=O) groups excluding carboxylic acids is 1. The molecule has 0 N–H and O–H groups in total. The van der Waals surface area contributed by atoms with E-state index in [4.69, 9.17) is 0 Å². The number of amides is 1. The van der Waals surface area contributed by atoms with Crippen LogP contribution in [0.25, 0.3) is 0 Å². The molecule has 22 heavy (non-hydrogen) atoms. The topological polar surface area (TPSA) is 57.7 Å². The van der Waals surface area contributed by atoms with Crippen LogP contribution in [-0.4, -0.2) is 49.7 Å². The summed E-state index contributed by atoms with van der Waals surface area (Å²) in [7, 11) is -3.46. The molecule has 3 heterocycles. The van der Waals surface area contributed by atoms with Crippen LogP contribution < -0.4 is 0 Å². The molecule has 1 aliphatic rings. The van der Waals surface area contributed by atoms with Crippen molar-refractivity contribution in [1.29, 1.82) is 0 Å². The van der Waals surface area contributed by atoms with Gasteiger partial charge in [-0.3, -0.25) is 4.79 Å². The average Bonchev–Trinajstić information content (AvgIpc) is 3.18. The first kappa shape index (κ1) is 16.1. The number of thiophene rings is 2. The number of hydrogen-bond acceptors (Lipinski definition) is 5. The number of piperazine rings is 1. The molecule has 1 fully saturated rings. The molecule has 0 aromatic carbocycles. The summed E-state index contributed by atoms with van der Waals surface area (Å²) in [5.41, 5.74) is 0. The van der Waals surface area contributed by atoms with Gasteiger partial charge in [0.25, 0.3) is 15.9 Å². The number of nitrogens with zero attached hydrogens (tertiary/aromatic N) is 2. The van der Waals surface area contributed by atoms with Crippen molar-refractivity contribution in [1.82, 2.24) is 9.21 Å². The zero-order valence-corrected chi connectivity index (χ0v) is 15.5. The molecule has 1 saturated heterocycles. The molecule has 0 atom stereocenters. The Morgan fingerprint density at radius 3 is 2.41 bits per heavy atom. The molecule has 0 saturated carbocycles. The van der Waals surface area contributed by atoms with Crippen LogP contribution in [0.3, 0.4) is 0 Å². The van der Waals surface area contributed by atoms with Crippen LogP contribution in [0.15, 0.2) is 37.6 Å². The van der Waals surface area contributed by atoms with E-state index >= 15 is 0 Å². The molecule has 3 rings (SSSR count). The first-order valence-corrected chi connectivity index (χ1v) is 10.5. The van der Waals surface area contributed by atoms with Crippen molar-refractivity contribution in [3.8, 4) is 0 Å². The molecule has 9 heteroatoms. The molecule has 2 aromatic heterocycles. The minimum atomic E-state index is -3.46. The van der Waals surface area contributed by atoms with Gasteiger partial charge in [0.2, 0.25) is 0 Å². The van der Waals surface area contributed by atoms with Crippen molar-refractivity contribution >= 4 is 54.5 Å². The lowest BCUT2D eigenvalue weighted by Crippen LogP contribution is -2.50. The lowest BCUT2D eigenvalue weighted by atomic mass is 10.3. The minimum Gasteiger partial charge on any atom is -0.335 e. The number of halogens is 1. The zero-order chi connectivity index (χ0) is 15.7. The summed E-state index contributed by atoms with van der Waals surface area (Å²) in [6.45, 7) is 1.49. The summed E-state index contributed by atoms with van der Waals surface area (Å²) in [6.07, 6.45) is 0. The number of carbonyl (C=O) groups is 1. The van der Waals surface area contributed by atoms with Crippen molar-refractivity contribution in [2.75, 3.05) is 26.2 Å². The van der Waals surface area contributed by atoms with Crippen LogP contribution >= 0.6 is 38.6 Å². The Bertz CT molecular complexity index is 762. The van der Waals surface area contributed by atoms with Gasteiger partial charge in [0.1, 0.15) is 4.21 Å². The van der Waals surface area contributed by atoms with Crippen LogP contribution in [0.4, 0.5) is 0 Å². The number of sulfonamides is 1. The van der Waals surface area contributed by atoms with E-state index in [1.165, 1.54) is 27.0 Å². The van der Waals surface area contributed by atoms with E-state index in [1.807, 2.05) is 11.4 Å². The van der Waals surface area contributed by atoms with Gasteiger partial charge in [-0.15, -0.1) is 22.7 Å². The predicted octanol–water partition coefficient (Wildman–Crippen LogP) is 2.72. The predicted molar refractivity (Wildman–Crippen MR) is 91.0 cm³/mol. The summed E-state index contributed by atoms with van der Waals surface area (Å²) < 4.78 is 27.6. The standard InChI is InChI=1S/C13H13BrN2O3S3/c14-11-3-4-12(21-11)22(18,19)16-7-5-15(6-8-16)13(17)10-2-1-9-20-10/h1-4,9H,5-8H2. The molecule has 0 aliphatic carbocycles. The molecule has 0 bridgehead atoms. The van der Waals surface area contributed by atoms with Gasteiger partial charge in [0.05, 0.1) is 8.66 Å². The van der Waals surface area contributed by atoms with E-state index in [-0.39, 0.29) is 5.91 Å². The third kappa shape index (κ3) is 3.13. The SMILES string of the molecule is O=C(c1cccs1)N1CCN(S(=O)(=O)c2ccc(Br)s2)CC1. The molecular formula is C13H13BrN2O3S3. The average molecular weight is 421 g/mol. The highest BCUT2D eigenvalue weighted by atomic mass is 79.9. The Morgan fingerprint density at radius 1 is 1.14 bits per heavy atom. The van der Waals surface area contributed by atoms with E-state index in [0.717, 1.165) is 3.79 Å². The van der Waals surface area contributed by atoms with Crippen molar-refractivity contribution in [2.45, 2.75) is 4.21 Å². The van der Waals surface area contributed by atoms with Gasteiger partial charge in [-0.25, -0.2) is 8.42 Å². The maximum absolute atomic E-state index is 12.5. The second kappa shape index (κ2) is 6.40.